The van der Waals surface area contributed by atoms with E-state index in [0.717, 1.165) is 5.56 Å². The number of alkyl halides is 3. The predicted octanol–water partition coefficient (Wildman–Crippen LogP) is 2.44. The smallest absolute Gasteiger partial charge is 0.357 e. The molecule has 5 nitrogen and oxygen atoms in total. The van der Waals surface area contributed by atoms with Gasteiger partial charge in [-0.1, -0.05) is 12.1 Å². The van der Waals surface area contributed by atoms with Gasteiger partial charge in [-0.25, -0.2) is 0 Å². The normalized spacial score (nSPS) is 12.0. The Labute approximate surface area is 146 Å². The summed E-state index contributed by atoms with van der Waals surface area (Å²) in [6.07, 6.45) is -4.53. The van der Waals surface area contributed by atoms with E-state index in [-0.39, 0.29) is 12.5 Å². The standard InChI is InChI=1S/C17H25F3N4O/c1-4-21-16(23-11-9-17(18,19)20)22-10-8-13-6-5-7-14(12-13)15(25)24(2)3/h5-7,12H,4,8-11H2,1-3H3,(H2,21,22,23). The molecule has 0 aliphatic rings. The number of rotatable bonds is 7. The van der Waals surface area contributed by atoms with Crippen LogP contribution in [0.3, 0.4) is 0 Å². The fourth-order valence-corrected chi connectivity index (χ4v) is 2.08. The first-order valence-corrected chi connectivity index (χ1v) is 8.12. The average Bonchev–Trinajstić information content (AvgIpc) is 2.53. The summed E-state index contributed by atoms with van der Waals surface area (Å²) in [5, 5.41) is 5.91. The molecule has 0 spiro atoms. The lowest BCUT2D eigenvalue weighted by molar-refractivity contribution is -0.132. The maximum atomic E-state index is 12.2. The minimum Gasteiger partial charge on any atom is -0.357 e. The largest absolute Gasteiger partial charge is 0.390 e. The molecule has 1 rings (SSSR count). The van der Waals surface area contributed by atoms with E-state index in [0.29, 0.717) is 31.0 Å². The molecular weight excluding hydrogens is 333 g/mol. The Bertz CT molecular complexity index is 586. The summed E-state index contributed by atoms with van der Waals surface area (Å²) in [5.74, 6) is 0.282. The number of hydrogen-bond acceptors (Lipinski definition) is 2. The van der Waals surface area contributed by atoms with Gasteiger partial charge in [-0.2, -0.15) is 13.2 Å². The van der Waals surface area contributed by atoms with Gasteiger partial charge in [0.05, 0.1) is 13.0 Å². The molecule has 1 aromatic carbocycles. The number of carbonyl (C=O) groups excluding carboxylic acids is 1. The van der Waals surface area contributed by atoms with Crippen LogP contribution < -0.4 is 10.6 Å². The number of carbonyl (C=O) groups is 1. The van der Waals surface area contributed by atoms with Gasteiger partial charge in [0.2, 0.25) is 0 Å². The summed E-state index contributed by atoms with van der Waals surface area (Å²) in [6, 6.07) is 7.29. The lowest BCUT2D eigenvalue weighted by Crippen LogP contribution is -2.38. The second-order valence-electron chi connectivity index (χ2n) is 5.70. The number of benzene rings is 1. The van der Waals surface area contributed by atoms with E-state index in [1.165, 1.54) is 4.90 Å². The van der Waals surface area contributed by atoms with Crippen LogP contribution in [0.4, 0.5) is 13.2 Å². The van der Waals surface area contributed by atoms with Gasteiger partial charge < -0.3 is 15.5 Å². The lowest BCUT2D eigenvalue weighted by Gasteiger charge is -2.13. The fourth-order valence-electron chi connectivity index (χ4n) is 2.08. The van der Waals surface area contributed by atoms with E-state index in [1.807, 2.05) is 25.1 Å². The Morgan fingerprint density at radius 2 is 1.96 bits per heavy atom. The summed E-state index contributed by atoms with van der Waals surface area (Å²) < 4.78 is 36.6. The van der Waals surface area contributed by atoms with Crippen molar-refractivity contribution >= 4 is 11.9 Å². The molecule has 1 aromatic rings. The molecule has 0 aliphatic heterocycles. The number of nitrogens with zero attached hydrogens (tertiary/aromatic N) is 2. The number of nitrogens with one attached hydrogen (secondary N) is 2. The first-order valence-electron chi connectivity index (χ1n) is 8.12. The van der Waals surface area contributed by atoms with Crippen molar-refractivity contribution in [2.75, 3.05) is 33.7 Å². The summed E-state index contributed by atoms with van der Waals surface area (Å²) >= 11 is 0. The van der Waals surface area contributed by atoms with Crippen molar-refractivity contribution in [1.82, 2.24) is 15.5 Å². The molecule has 0 bridgehead atoms. The average molecular weight is 358 g/mol. The van der Waals surface area contributed by atoms with Crippen molar-refractivity contribution < 1.29 is 18.0 Å². The third-order valence-electron chi connectivity index (χ3n) is 3.30. The molecule has 0 radical (unpaired) electrons. The zero-order chi connectivity index (χ0) is 18.9. The molecule has 0 saturated carbocycles. The molecule has 8 heteroatoms. The van der Waals surface area contributed by atoms with Gasteiger partial charge in [0, 0.05) is 32.7 Å². The summed E-state index contributed by atoms with van der Waals surface area (Å²) in [4.78, 5) is 17.4. The van der Waals surface area contributed by atoms with E-state index in [2.05, 4.69) is 15.6 Å². The Balaban J connectivity index is 2.57. The Hall–Kier alpha value is -2.25. The molecule has 0 aliphatic carbocycles. The monoisotopic (exact) mass is 358 g/mol. The molecule has 0 aromatic heterocycles. The van der Waals surface area contributed by atoms with Crippen molar-refractivity contribution in [3.8, 4) is 0 Å². The minimum absolute atomic E-state index is 0.0724. The highest BCUT2D eigenvalue weighted by Crippen LogP contribution is 2.18. The summed E-state index contributed by atoms with van der Waals surface area (Å²) in [6.45, 7) is 2.59. The molecule has 0 unspecified atom stereocenters. The maximum Gasteiger partial charge on any atom is 0.390 e. The van der Waals surface area contributed by atoms with E-state index in [4.69, 9.17) is 0 Å². The zero-order valence-electron chi connectivity index (χ0n) is 14.8. The van der Waals surface area contributed by atoms with Crippen molar-refractivity contribution in [1.29, 1.82) is 0 Å². The molecule has 0 fully saturated rings. The van der Waals surface area contributed by atoms with E-state index in [1.54, 1.807) is 20.2 Å². The van der Waals surface area contributed by atoms with Crippen LogP contribution in [0, 0.1) is 0 Å². The van der Waals surface area contributed by atoms with Crippen LogP contribution in [0.2, 0.25) is 0 Å². The molecule has 2 N–H and O–H groups in total. The highest BCUT2D eigenvalue weighted by molar-refractivity contribution is 5.94. The van der Waals surface area contributed by atoms with Crippen LogP contribution in [-0.4, -0.2) is 56.7 Å². The lowest BCUT2D eigenvalue weighted by atomic mass is 10.1. The van der Waals surface area contributed by atoms with Crippen LogP contribution in [0.25, 0.3) is 0 Å². The molecule has 1 amide bonds. The van der Waals surface area contributed by atoms with E-state index >= 15 is 0 Å². The number of halogens is 3. The van der Waals surface area contributed by atoms with Crippen LogP contribution in [-0.2, 0) is 6.42 Å². The van der Waals surface area contributed by atoms with Crippen molar-refractivity contribution in [3.63, 3.8) is 0 Å². The molecular formula is C17H25F3N4O. The number of amides is 1. The first-order chi connectivity index (χ1) is 11.7. The van der Waals surface area contributed by atoms with Crippen molar-refractivity contribution in [2.45, 2.75) is 25.9 Å². The van der Waals surface area contributed by atoms with Crippen LogP contribution >= 0.6 is 0 Å². The van der Waals surface area contributed by atoms with Crippen molar-refractivity contribution in [2.24, 2.45) is 4.99 Å². The summed E-state index contributed by atoms with van der Waals surface area (Å²) in [5.41, 5.74) is 1.57. The van der Waals surface area contributed by atoms with E-state index < -0.39 is 12.6 Å². The second-order valence-corrected chi connectivity index (χ2v) is 5.70. The topological polar surface area (TPSA) is 56.7 Å². The molecule has 25 heavy (non-hydrogen) atoms. The van der Waals surface area contributed by atoms with Gasteiger partial charge in [-0.15, -0.1) is 0 Å². The number of aliphatic imine (C=N–C) groups is 1. The third kappa shape index (κ3) is 8.42. The third-order valence-corrected chi connectivity index (χ3v) is 3.30. The van der Waals surface area contributed by atoms with Gasteiger partial charge in [-0.3, -0.25) is 9.79 Å². The molecule has 0 saturated heterocycles. The maximum absolute atomic E-state index is 12.2. The van der Waals surface area contributed by atoms with Gasteiger partial charge in [0.1, 0.15) is 0 Å². The molecule has 0 atom stereocenters. The van der Waals surface area contributed by atoms with Crippen LogP contribution in [0.1, 0.15) is 29.3 Å². The number of hydrogen-bond donors (Lipinski definition) is 2. The minimum atomic E-state index is -4.21. The molecule has 140 valence electrons. The van der Waals surface area contributed by atoms with Crippen molar-refractivity contribution in [3.05, 3.63) is 35.4 Å². The highest BCUT2D eigenvalue weighted by Gasteiger charge is 2.26. The van der Waals surface area contributed by atoms with Gasteiger partial charge in [0.25, 0.3) is 5.91 Å². The zero-order valence-corrected chi connectivity index (χ0v) is 14.8. The van der Waals surface area contributed by atoms with Gasteiger partial charge >= 0.3 is 6.18 Å². The molecule has 0 heterocycles. The first kappa shape index (κ1) is 20.8. The van der Waals surface area contributed by atoms with Crippen LogP contribution in [0.15, 0.2) is 29.3 Å². The predicted molar refractivity (Wildman–Crippen MR) is 92.8 cm³/mol. The highest BCUT2D eigenvalue weighted by atomic mass is 19.4. The van der Waals surface area contributed by atoms with E-state index in [9.17, 15) is 18.0 Å². The Morgan fingerprint density at radius 1 is 1.24 bits per heavy atom. The fraction of sp³-hybridized carbons (Fsp3) is 0.529. The quantitative estimate of drug-likeness (QED) is 0.581. The summed E-state index contributed by atoms with van der Waals surface area (Å²) in [7, 11) is 3.38. The van der Waals surface area contributed by atoms with Crippen LogP contribution in [0.5, 0.6) is 0 Å². The number of guanidine groups is 1. The van der Waals surface area contributed by atoms with Gasteiger partial charge in [0.15, 0.2) is 5.96 Å². The van der Waals surface area contributed by atoms with Gasteiger partial charge in [-0.05, 0) is 31.0 Å². The SMILES string of the molecule is CCNC(=NCCC(F)(F)F)NCCc1cccc(C(=O)N(C)C)c1. The Morgan fingerprint density at radius 3 is 2.56 bits per heavy atom. The second kappa shape index (κ2) is 9.90. The Kier molecular flexibility index (Phi) is 8.24.